The monoisotopic (exact) mass is 355 g/mol. The van der Waals surface area contributed by atoms with Gasteiger partial charge < -0.3 is 15.5 Å². The molecule has 2 amide bonds. The zero-order chi connectivity index (χ0) is 17.9. The predicted octanol–water partition coefficient (Wildman–Crippen LogP) is 2.21. The van der Waals surface area contributed by atoms with Gasteiger partial charge in [0.05, 0.1) is 0 Å². The maximum atomic E-state index is 12.9. The Bertz CT molecular complexity index is 642. The lowest BCUT2D eigenvalue weighted by Gasteiger charge is -2.36. The summed E-state index contributed by atoms with van der Waals surface area (Å²) in [6, 6.07) is 9.83. The molecule has 1 aromatic rings. The Morgan fingerprint density at radius 2 is 1.85 bits per heavy atom. The average molecular weight is 355 g/mol. The first-order valence-corrected chi connectivity index (χ1v) is 10.1. The number of nitrogens with one attached hydrogen (secondary N) is 2. The van der Waals surface area contributed by atoms with Crippen LogP contribution in [0.3, 0.4) is 0 Å². The van der Waals surface area contributed by atoms with Crippen LogP contribution >= 0.6 is 0 Å². The van der Waals surface area contributed by atoms with Gasteiger partial charge in [-0.1, -0.05) is 62.4 Å². The minimum Gasteiger partial charge on any atom is -0.342 e. The first-order valence-electron chi connectivity index (χ1n) is 10.1. The second-order valence-electron chi connectivity index (χ2n) is 8.11. The van der Waals surface area contributed by atoms with E-state index < -0.39 is 0 Å². The molecule has 1 saturated carbocycles. The van der Waals surface area contributed by atoms with Crippen LogP contribution in [0.2, 0.25) is 0 Å². The van der Waals surface area contributed by atoms with Crippen molar-refractivity contribution in [1.29, 1.82) is 0 Å². The van der Waals surface area contributed by atoms with Crippen molar-refractivity contribution in [1.82, 2.24) is 15.5 Å². The Labute approximate surface area is 155 Å². The molecule has 3 fully saturated rings. The summed E-state index contributed by atoms with van der Waals surface area (Å²) in [4.78, 5) is 27.3. The van der Waals surface area contributed by atoms with E-state index in [1.165, 1.54) is 37.7 Å². The first-order chi connectivity index (χ1) is 12.7. The number of benzene rings is 1. The number of carbonyl (C=O) groups excluding carboxylic acids is 2. The molecule has 4 rings (SSSR count). The van der Waals surface area contributed by atoms with Gasteiger partial charge in [0, 0.05) is 19.1 Å². The number of rotatable bonds is 5. The number of carbonyl (C=O) groups is 2. The lowest BCUT2D eigenvalue weighted by molar-refractivity contribution is -0.147. The van der Waals surface area contributed by atoms with Crippen molar-refractivity contribution in [3.63, 3.8) is 0 Å². The zero-order valence-electron chi connectivity index (χ0n) is 15.3. The molecule has 2 N–H and O–H groups in total. The second kappa shape index (κ2) is 7.78. The fourth-order valence-electron chi connectivity index (χ4n) is 4.78. The van der Waals surface area contributed by atoms with Gasteiger partial charge in [0.15, 0.2) is 0 Å². The van der Waals surface area contributed by atoms with Crippen LogP contribution in [0.1, 0.15) is 50.5 Å². The van der Waals surface area contributed by atoms with Crippen LogP contribution in [0, 0.1) is 5.92 Å². The number of nitrogens with zero attached hydrogens (tertiary/aromatic N) is 1. The Hall–Kier alpha value is -1.88. The highest BCUT2D eigenvalue weighted by Crippen LogP contribution is 2.30. The van der Waals surface area contributed by atoms with Crippen molar-refractivity contribution in [2.45, 2.75) is 69.6 Å². The SMILES string of the molecule is O=C1N[C@@H](CC2CCCCC2)C(=O)N2C[C@@H](NCc3ccccc3)C[C@@H]12. The van der Waals surface area contributed by atoms with E-state index in [1.54, 1.807) is 0 Å². The minimum absolute atomic E-state index is 0.0365. The third kappa shape index (κ3) is 3.78. The van der Waals surface area contributed by atoms with Crippen LogP contribution in [0.5, 0.6) is 0 Å². The van der Waals surface area contributed by atoms with Crippen molar-refractivity contribution in [2.75, 3.05) is 6.54 Å². The van der Waals surface area contributed by atoms with Crippen molar-refractivity contribution >= 4 is 11.8 Å². The fourth-order valence-corrected chi connectivity index (χ4v) is 4.78. The van der Waals surface area contributed by atoms with Gasteiger partial charge >= 0.3 is 0 Å². The predicted molar refractivity (Wildman–Crippen MR) is 100 cm³/mol. The van der Waals surface area contributed by atoms with Gasteiger partial charge in [-0.25, -0.2) is 0 Å². The molecule has 3 aliphatic rings. The van der Waals surface area contributed by atoms with E-state index in [-0.39, 0.29) is 29.9 Å². The molecule has 2 heterocycles. The normalized spacial score (nSPS) is 29.5. The Kier molecular flexibility index (Phi) is 5.25. The molecule has 5 heteroatoms. The maximum absolute atomic E-state index is 12.9. The third-order valence-corrected chi connectivity index (χ3v) is 6.23. The Balaban J connectivity index is 1.34. The molecule has 0 bridgehead atoms. The molecular formula is C21H29N3O2. The molecule has 2 aliphatic heterocycles. The van der Waals surface area contributed by atoms with Crippen molar-refractivity contribution in [3.05, 3.63) is 35.9 Å². The molecule has 2 saturated heterocycles. The molecule has 140 valence electrons. The summed E-state index contributed by atoms with van der Waals surface area (Å²) in [5.41, 5.74) is 1.23. The fraction of sp³-hybridized carbons (Fsp3) is 0.619. The summed E-state index contributed by atoms with van der Waals surface area (Å²) >= 11 is 0. The van der Waals surface area contributed by atoms with E-state index in [4.69, 9.17) is 0 Å². The van der Waals surface area contributed by atoms with Gasteiger partial charge in [-0.3, -0.25) is 9.59 Å². The van der Waals surface area contributed by atoms with E-state index >= 15 is 0 Å². The van der Waals surface area contributed by atoms with Gasteiger partial charge in [-0.2, -0.15) is 0 Å². The molecule has 0 spiro atoms. The Morgan fingerprint density at radius 3 is 2.62 bits per heavy atom. The smallest absolute Gasteiger partial charge is 0.245 e. The van der Waals surface area contributed by atoms with E-state index in [0.717, 1.165) is 13.0 Å². The van der Waals surface area contributed by atoms with Crippen molar-refractivity contribution in [3.8, 4) is 0 Å². The lowest BCUT2D eigenvalue weighted by Crippen LogP contribution is -2.61. The standard InChI is InChI=1S/C21H29N3O2/c25-20-19-12-17(22-13-16-9-5-2-6-10-16)14-24(19)21(26)18(23-20)11-15-7-3-1-4-8-15/h2,5-6,9-10,15,17-19,22H,1,3-4,7-8,11-14H2,(H,23,25)/t17-,18-,19-/m0/s1. The van der Waals surface area contributed by atoms with Crippen LogP contribution in [0.15, 0.2) is 30.3 Å². The summed E-state index contributed by atoms with van der Waals surface area (Å²) in [6.07, 6.45) is 7.75. The highest BCUT2D eigenvalue weighted by molar-refractivity contribution is 5.97. The van der Waals surface area contributed by atoms with E-state index in [2.05, 4.69) is 22.8 Å². The van der Waals surface area contributed by atoms with Crippen molar-refractivity contribution < 1.29 is 9.59 Å². The molecule has 5 nitrogen and oxygen atoms in total. The zero-order valence-corrected chi connectivity index (χ0v) is 15.3. The molecule has 1 aliphatic carbocycles. The Morgan fingerprint density at radius 1 is 1.08 bits per heavy atom. The summed E-state index contributed by atoms with van der Waals surface area (Å²) in [6.45, 7) is 1.41. The maximum Gasteiger partial charge on any atom is 0.245 e. The first kappa shape index (κ1) is 17.5. The molecule has 1 aromatic carbocycles. The van der Waals surface area contributed by atoms with Crippen LogP contribution in [-0.2, 0) is 16.1 Å². The van der Waals surface area contributed by atoms with E-state index in [1.807, 2.05) is 23.1 Å². The molecule has 3 atom stereocenters. The number of fused-ring (bicyclic) bond motifs is 1. The van der Waals surface area contributed by atoms with Gasteiger partial charge in [0.2, 0.25) is 11.8 Å². The van der Waals surface area contributed by atoms with Gasteiger partial charge in [0.25, 0.3) is 0 Å². The van der Waals surface area contributed by atoms with Crippen LogP contribution in [0.25, 0.3) is 0 Å². The average Bonchev–Trinajstić information content (AvgIpc) is 3.11. The molecule has 26 heavy (non-hydrogen) atoms. The summed E-state index contributed by atoms with van der Waals surface area (Å²) < 4.78 is 0. The molecular weight excluding hydrogens is 326 g/mol. The number of hydrogen-bond donors (Lipinski definition) is 2. The number of piperazine rings is 1. The third-order valence-electron chi connectivity index (χ3n) is 6.23. The van der Waals surface area contributed by atoms with Crippen molar-refractivity contribution in [2.24, 2.45) is 5.92 Å². The van der Waals surface area contributed by atoms with Crippen LogP contribution in [-0.4, -0.2) is 41.4 Å². The van der Waals surface area contributed by atoms with Crippen LogP contribution < -0.4 is 10.6 Å². The largest absolute Gasteiger partial charge is 0.342 e. The quantitative estimate of drug-likeness (QED) is 0.851. The molecule has 0 aromatic heterocycles. The molecule has 0 unspecified atom stereocenters. The molecule has 0 radical (unpaired) electrons. The topological polar surface area (TPSA) is 61.4 Å². The number of hydrogen-bond acceptors (Lipinski definition) is 3. The summed E-state index contributed by atoms with van der Waals surface area (Å²) in [7, 11) is 0. The lowest BCUT2D eigenvalue weighted by atomic mass is 9.84. The van der Waals surface area contributed by atoms with Gasteiger partial charge in [-0.15, -0.1) is 0 Å². The highest BCUT2D eigenvalue weighted by Gasteiger charge is 2.46. The van der Waals surface area contributed by atoms with Gasteiger partial charge in [0.1, 0.15) is 12.1 Å². The van der Waals surface area contributed by atoms with E-state index in [0.29, 0.717) is 18.9 Å². The minimum atomic E-state index is -0.310. The van der Waals surface area contributed by atoms with Crippen LogP contribution in [0.4, 0.5) is 0 Å². The second-order valence-corrected chi connectivity index (χ2v) is 8.11. The van der Waals surface area contributed by atoms with Gasteiger partial charge in [-0.05, 0) is 24.3 Å². The number of amides is 2. The highest BCUT2D eigenvalue weighted by atomic mass is 16.2. The summed E-state index contributed by atoms with van der Waals surface area (Å²) in [5.74, 6) is 0.753. The summed E-state index contributed by atoms with van der Waals surface area (Å²) in [5, 5.41) is 6.54. The van der Waals surface area contributed by atoms with E-state index in [9.17, 15) is 9.59 Å².